The summed E-state index contributed by atoms with van der Waals surface area (Å²) in [6, 6.07) is 6.40. The van der Waals surface area contributed by atoms with Crippen LogP contribution < -0.4 is 5.32 Å². The quantitative estimate of drug-likeness (QED) is 0.662. The van der Waals surface area contributed by atoms with Crippen molar-refractivity contribution in [2.75, 3.05) is 18.4 Å². The van der Waals surface area contributed by atoms with Gasteiger partial charge in [-0.15, -0.1) is 5.10 Å². The van der Waals surface area contributed by atoms with Crippen molar-refractivity contribution in [3.63, 3.8) is 0 Å². The zero-order chi connectivity index (χ0) is 21.0. The molecule has 1 atom stereocenters. The normalized spacial score (nSPS) is 16.7. The lowest BCUT2D eigenvalue weighted by Crippen LogP contribution is -2.35. The van der Waals surface area contributed by atoms with Crippen LogP contribution in [0.5, 0.6) is 0 Å². The molecule has 0 aliphatic carbocycles. The zero-order valence-corrected chi connectivity index (χ0v) is 18.4. The highest BCUT2D eigenvalue weighted by molar-refractivity contribution is 8.00. The van der Waals surface area contributed by atoms with Crippen LogP contribution in [-0.4, -0.2) is 57.2 Å². The van der Waals surface area contributed by atoms with Gasteiger partial charge in [0.05, 0.1) is 16.2 Å². The Hall–Kier alpha value is -1.98. The minimum atomic E-state index is -3.48. The maximum Gasteiger partial charge on any atom is 0.243 e. The molecule has 1 aliphatic rings. The second-order valence-electron chi connectivity index (χ2n) is 7.24. The first-order valence-electron chi connectivity index (χ1n) is 9.64. The highest BCUT2D eigenvalue weighted by Crippen LogP contribution is 2.25. The molecular formula is C18H26N6O3S2. The SMILES string of the molecule is CC(C)n1nnnc1S[C@H](C)C(=O)Nc1ccc(S(=O)(=O)N2CCCCC2)cc1. The van der Waals surface area contributed by atoms with E-state index in [9.17, 15) is 13.2 Å². The van der Waals surface area contributed by atoms with Gasteiger partial charge in [0.25, 0.3) is 0 Å². The van der Waals surface area contributed by atoms with Gasteiger partial charge in [-0.3, -0.25) is 4.79 Å². The van der Waals surface area contributed by atoms with Gasteiger partial charge in [0.15, 0.2) is 0 Å². The molecule has 1 aliphatic heterocycles. The van der Waals surface area contributed by atoms with E-state index in [0.29, 0.717) is 23.9 Å². The highest BCUT2D eigenvalue weighted by Gasteiger charge is 2.26. The number of hydrogen-bond donors (Lipinski definition) is 1. The maximum atomic E-state index is 12.7. The minimum Gasteiger partial charge on any atom is -0.325 e. The van der Waals surface area contributed by atoms with E-state index in [2.05, 4.69) is 20.8 Å². The molecule has 0 unspecified atom stereocenters. The van der Waals surface area contributed by atoms with E-state index in [1.165, 1.54) is 28.2 Å². The molecule has 1 N–H and O–H groups in total. The predicted molar refractivity (Wildman–Crippen MR) is 111 cm³/mol. The first-order chi connectivity index (χ1) is 13.8. The van der Waals surface area contributed by atoms with E-state index >= 15 is 0 Å². The third-order valence-corrected chi connectivity index (χ3v) is 7.64. The predicted octanol–water partition coefficient (Wildman–Crippen LogP) is 2.55. The number of carbonyl (C=O) groups excluding carboxylic acids is 1. The van der Waals surface area contributed by atoms with E-state index in [1.807, 2.05) is 13.8 Å². The molecule has 1 aromatic heterocycles. The summed E-state index contributed by atoms with van der Waals surface area (Å²) in [7, 11) is -3.48. The number of aromatic nitrogens is 4. The van der Waals surface area contributed by atoms with Gasteiger partial charge in [-0.2, -0.15) is 4.31 Å². The Balaban J connectivity index is 1.63. The van der Waals surface area contributed by atoms with Gasteiger partial charge >= 0.3 is 0 Å². The molecule has 2 heterocycles. The van der Waals surface area contributed by atoms with Crippen molar-refractivity contribution in [2.24, 2.45) is 0 Å². The molecule has 1 aromatic carbocycles. The summed E-state index contributed by atoms with van der Waals surface area (Å²) in [5, 5.41) is 14.5. The Morgan fingerprint density at radius 3 is 2.38 bits per heavy atom. The van der Waals surface area contributed by atoms with Crippen LogP contribution in [0.4, 0.5) is 5.69 Å². The Morgan fingerprint density at radius 2 is 1.76 bits per heavy atom. The van der Waals surface area contributed by atoms with Crippen molar-refractivity contribution in [1.29, 1.82) is 0 Å². The monoisotopic (exact) mass is 438 g/mol. The minimum absolute atomic E-state index is 0.0946. The molecule has 1 saturated heterocycles. The average molecular weight is 439 g/mol. The second-order valence-corrected chi connectivity index (χ2v) is 10.5. The Kier molecular flexibility index (Phi) is 6.91. The van der Waals surface area contributed by atoms with Gasteiger partial charge in [-0.05, 0) is 68.3 Å². The molecule has 2 aromatic rings. The summed E-state index contributed by atoms with van der Waals surface area (Å²) < 4.78 is 28.6. The lowest BCUT2D eigenvalue weighted by molar-refractivity contribution is -0.115. The lowest BCUT2D eigenvalue weighted by Gasteiger charge is -2.25. The largest absolute Gasteiger partial charge is 0.325 e. The number of hydrogen-bond acceptors (Lipinski definition) is 7. The van der Waals surface area contributed by atoms with Crippen LogP contribution in [-0.2, 0) is 14.8 Å². The third-order valence-electron chi connectivity index (χ3n) is 4.68. The van der Waals surface area contributed by atoms with E-state index < -0.39 is 15.3 Å². The zero-order valence-electron chi connectivity index (χ0n) is 16.8. The molecule has 3 rings (SSSR count). The molecule has 1 amide bonds. The fraction of sp³-hybridized carbons (Fsp3) is 0.556. The second kappa shape index (κ2) is 9.23. The summed E-state index contributed by atoms with van der Waals surface area (Å²) in [5.74, 6) is -0.208. The number of piperidine rings is 1. The van der Waals surface area contributed by atoms with Crippen LogP contribution in [0.15, 0.2) is 34.3 Å². The van der Waals surface area contributed by atoms with Crippen LogP contribution in [0.1, 0.15) is 46.1 Å². The van der Waals surface area contributed by atoms with Gasteiger partial charge in [0.2, 0.25) is 21.1 Å². The smallest absolute Gasteiger partial charge is 0.243 e. The average Bonchev–Trinajstić information content (AvgIpc) is 3.17. The van der Waals surface area contributed by atoms with Crippen LogP contribution >= 0.6 is 11.8 Å². The van der Waals surface area contributed by atoms with Gasteiger partial charge in [0.1, 0.15) is 0 Å². The number of nitrogens with zero attached hydrogens (tertiary/aromatic N) is 5. The van der Waals surface area contributed by atoms with E-state index in [4.69, 9.17) is 0 Å². The molecule has 158 valence electrons. The third kappa shape index (κ3) is 5.14. The van der Waals surface area contributed by atoms with Crippen LogP contribution in [0.2, 0.25) is 0 Å². The Morgan fingerprint density at radius 1 is 1.10 bits per heavy atom. The maximum absolute atomic E-state index is 12.7. The van der Waals surface area contributed by atoms with Gasteiger partial charge in [0, 0.05) is 18.8 Å². The van der Waals surface area contributed by atoms with Crippen molar-refractivity contribution in [3.05, 3.63) is 24.3 Å². The number of benzene rings is 1. The number of rotatable bonds is 7. The van der Waals surface area contributed by atoms with E-state index in [-0.39, 0.29) is 16.8 Å². The van der Waals surface area contributed by atoms with Gasteiger partial charge < -0.3 is 5.32 Å². The molecule has 9 nitrogen and oxygen atoms in total. The number of carbonyl (C=O) groups is 1. The van der Waals surface area contributed by atoms with Crippen molar-refractivity contribution in [2.45, 2.75) is 61.4 Å². The molecular weight excluding hydrogens is 412 g/mol. The first-order valence-corrected chi connectivity index (χ1v) is 12.0. The summed E-state index contributed by atoms with van der Waals surface area (Å²) in [4.78, 5) is 12.8. The fourth-order valence-corrected chi connectivity index (χ4v) is 5.45. The van der Waals surface area contributed by atoms with Crippen LogP contribution in [0.25, 0.3) is 0 Å². The summed E-state index contributed by atoms with van der Waals surface area (Å²) in [6.45, 7) is 6.82. The van der Waals surface area contributed by atoms with Crippen molar-refractivity contribution < 1.29 is 13.2 Å². The number of amides is 1. The summed E-state index contributed by atoms with van der Waals surface area (Å²) >= 11 is 1.27. The van der Waals surface area contributed by atoms with Crippen molar-refractivity contribution in [1.82, 2.24) is 24.5 Å². The lowest BCUT2D eigenvalue weighted by atomic mass is 10.2. The van der Waals surface area contributed by atoms with Gasteiger partial charge in [-0.1, -0.05) is 18.2 Å². The summed E-state index contributed by atoms with van der Waals surface area (Å²) in [6.07, 6.45) is 2.85. The molecule has 1 fully saturated rings. The van der Waals surface area contributed by atoms with E-state index in [1.54, 1.807) is 23.7 Å². The molecule has 0 radical (unpaired) electrons. The van der Waals surface area contributed by atoms with Crippen molar-refractivity contribution >= 4 is 33.4 Å². The fourth-order valence-electron chi connectivity index (χ4n) is 3.01. The highest BCUT2D eigenvalue weighted by atomic mass is 32.2. The molecule has 29 heavy (non-hydrogen) atoms. The van der Waals surface area contributed by atoms with Crippen LogP contribution in [0, 0.1) is 0 Å². The molecule has 11 heteroatoms. The van der Waals surface area contributed by atoms with Gasteiger partial charge in [-0.25, -0.2) is 13.1 Å². The first kappa shape index (κ1) is 21.7. The van der Waals surface area contributed by atoms with Crippen molar-refractivity contribution in [3.8, 4) is 0 Å². The number of thioether (sulfide) groups is 1. The molecule has 0 spiro atoms. The number of tetrazole rings is 1. The molecule has 0 bridgehead atoms. The standard InChI is InChI=1S/C18H26N6O3S2/c1-13(2)24-18(20-21-22-24)28-14(3)17(25)19-15-7-9-16(10-8-15)29(26,27)23-11-5-4-6-12-23/h7-10,13-14H,4-6,11-12H2,1-3H3,(H,19,25)/t14-/m1/s1. The number of anilines is 1. The van der Waals surface area contributed by atoms with E-state index in [0.717, 1.165) is 19.3 Å². The Bertz CT molecular complexity index is 937. The molecule has 0 saturated carbocycles. The van der Waals surface area contributed by atoms with Crippen LogP contribution in [0.3, 0.4) is 0 Å². The topological polar surface area (TPSA) is 110 Å². The number of sulfonamides is 1. The Labute approximate surface area is 175 Å². The number of nitrogens with one attached hydrogen (secondary N) is 1. The summed E-state index contributed by atoms with van der Waals surface area (Å²) in [5.41, 5.74) is 0.545.